The molecule has 0 atom stereocenters. The van der Waals surface area contributed by atoms with Crippen LogP contribution in [0.2, 0.25) is 0 Å². The van der Waals surface area contributed by atoms with E-state index in [1.54, 1.807) is 12.4 Å². The first-order chi connectivity index (χ1) is 13.5. The van der Waals surface area contributed by atoms with Gasteiger partial charge in [-0.2, -0.15) is 5.10 Å². The molecular weight excluding hydrogens is 354 g/mol. The maximum atomic E-state index is 12.9. The summed E-state index contributed by atoms with van der Waals surface area (Å²) < 4.78 is 1.92. The average molecular weight is 381 g/mol. The Morgan fingerprint density at radius 3 is 2.64 bits per heavy atom. The molecule has 0 radical (unpaired) electrons. The first-order valence-corrected chi connectivity index (χ1v) is 10.1. The van der Waals surface area contributed by atoms with E-state index in [2.05, 4.69) is 10.1 Å². The van der Waals surface area contributed by atoms with Crippen LogP contribution in [0.4, 0.5) is 0 Å². The lowest BCUT2D eigenvalue weighted by molar-refractivity contribution is -0.130. The molecule has 2 aromatic rings. The monoisotopic (exact) mass is 381 g/mol. The molecule has 28 heavy (non-hydrogen) atoms. The highest BCUT2D eigenvalue weighted by Crippen LogP contribution is 2.25. The summed E-state index contributed by atoms with van der Waals surface area (Å²) in [5, 5.41) is 4.67. The van der Waals surface area contributed by atoms with Gasteiger partial charge in [0.2, 0.25) is 5.91 Å². The number of aromatic nitrogens is 3. The van der Waals surface area contributed by atoms with E-state index in [1.165, 1.54) is 5.69 Å². The highest BCUT2D eigenvalue weighted by atomic mass is 16.2. The largest absolute Gasteiger partial charge is 0.343 e. The van der Waals surface area contributed by atoms with Gasteiger partial charge < -0.3 is 9.80 Å². The van der Waals surface area contributed by atoms with Crippen LogP contribution in [-0.2, 0) is 31.2 Å². The topological polar surface area (TPSA) is 71.3 Å². The molecule has 0 N–H and O–H groups in total. The average Bonchev–Trinajstić information content (AvgIpc) is 3.34. The van der Waals surface area contributed by atoms with Crippen LogP contribution in [0.1, 0.15) is 52.1 Å². The lowest BCUT2D eigenvalue weighted by atomic mass is 10.0. The highest BCUT2D eigenvalue weighted by molar-refractivity contribution is 5.94. The first-order valence-electron chi connectivity index (χ1n) is 10.1. The van der Waals surface area contributed by atoms with Crippen LogP contribution in [0.25, 0.3) is 0 Å². The molecule has 7 heteroatoms. The van der Waals surface area contributed by atoms with Crippen molar-refractivity contribution in [2.75, 3.05) is 19.6 Å². The number of aryl methyl sites for hydroxylation is 3. The number of hydrogen-bond acceptors (Lipinski definition) is 4. The van der Waals surface area contributed by atoms with Crippen LogP contribution in [-0.4, -0.2) is 56.0 Å². The quantitative estimate of drug-likeness (QED) is 0.811. The Morgan fingerprint density at radius 2 is 1.89 bits per heavy atom. The molecule has 2 amide bonds. The van der Waals surface area contributed by atoms with Crippen molar-refractivity contribution in [1.82, 2.24) is 24.6 Å². The predicted molar refractivity (Wildman–Crippen MR) is 105 cm³/mol. The van der Waals surface area contributed by atoms with Gasteiger partial charge in [0.05, 0.1) is 11.3 Å². The third-order valence-electron chi connectivity index (χ3n) is 5.77. The van der Waals surface area contributed by atoms with Crippen LogP contribution in [0, 0.1) is 6.92 Å². The summed E-state index contributed by atoms with van der Waals surface area (Å²) in [7, 11) is 1.95. The molecule has 0 saturated carbocycles. The van der Waals surface area contributed by atoms with E-state index >= 15 is 0 Å². The molecule has 0 bridgehead atoms. The molecule has 2 aliphatic heterocycles. The predicted octanol–water partition coefficient (Wildman–Crippen LogP) is 1.88. The molecule has 0 unspecified atom stereocenters. The molecule has 1 fully saturated rings. The van der Waals surface area contributed by atoms with Gasteiger partial charge in [-0.1, -0.05) is 0 Å². The van der Waals surface area contributed by atoms with Crippen LogP contribution in [0.3, 0.4) is 0 Å². The van der Waals surface area contributed by atoms with Crippen LogP contribution in [0.5, 0.6) is 0 Å². The minimum absolute atomic E-state index is 0.00444. The molecule has 4 heterocycles. The summed E-state index contributed by atoms with van der Waals surface area (Å²) in [5.74, 6) is 0.219. The van der Waals surface area contributed by atoms with Gasteiger partial charge in [0.1, 0.15) is 0 Å². The van der Waals surface area contributed by atoms with Crippen LogP contribution in [0.15, 0.2) is 18.5 Å². The Labute approximate surface area is 165 Å². The second-order valence-corrected chi connectivity index (χ2v) is 7.81. The summed E-state index contributed by atoms with van der Waals surface area (Å²) in [6.07, 6.45) is 7.49. The molecule has 0 aromatic carbocycles. The second-order valence-electron chi connectivity index (χ2n) is 7.81. The Balaban J connectivity index is 1.48. The Morgan fingerprint density at radius 1 is 1.11 bits per heavy atom. The number of pyridine rings is 1. The van der Waals surface area contributed by atoms with Gasteiger partial charge in [-0.05, 0) is 31.4 Å². The van der Waals surface area contributed by atoms with Crippen molar-refractivity contribution in [2.24, 2.45) is 7.05 Å². The SMILES string of the molecule is Cc1cncc(C(=O)N2CCc3c(c(CCC(=O)N4CCCC4)nn3C)C2)c1. The molecule has 0 aliphatic carbocycles. The first kappa shape index (κ1) is 18.7. The second kappa shape index (κ2) is 7.73. The number of carbonyl (C=O) groups is 2. The minimum atomic E-state index is 0.00444. The van der Waals surface area contributed by atoms with Gasteiger partial charge >= 0.3 is 0 Å². The fourth-order valence-electron chi connectivity index (χ4n) is 4.25. The number of hydrogen-bond donors (Lipinski definition) is 0. The van der Waals surface area contributed by atoms with Crippen molar-refractivity contribution in [3.63, 3.8) is 0 Å². The lowest BCUT2D eigenvalue weighted by Gasteiger charge is -2.28. The Bertz CT molecular complexity index is 898. The molecule has 4 rings (SSSR count). The van der Waals surface area contributed by atoms with Crippen molar-refractivity contribution in [3.8, 4) is 0 Å². The molecule has 1 saturated heterocycles. The van der Waals surface area contributed by atoms with E-state index < -0.39 is 0 Å². The van der Waals surface area contributed by atoms with E-state index in [9.17, 15) is 9.59 Å². The summed E-state index contributed by atoms with van der Waals surface area (Å²) in [6, 6.07) is 1.88. The number of rotatable bonds is 4. The molecule has 2 aromatic heterocycles. The maximum Gasteiger partial charge on any atom is 0.255 e. The molecule has 2 aliphatic rings. The zero-order valence-corrected chi connectivity index (χ0v) is 16.6. The Hall–Kier alpha value is -2.70. The zero-order valence-electron chi connectivity index (χ0n) is 16.6. The lowest BCUT2D eigenvalue weighted by Crippen LogP contribution is -2.36. The van der Waals surface area contributed by atoms with Gasteiger partial charge in [-0.3, -0.25) is 19.3 Å². The molecular formula is C21H27N5O2. The van der Waals surface area contributed by atoms with Gasteiger partial charge in [-0.25, -0.2) is 0 Å². The van der Waals surface area contributed by atoms with Crippen molar-refractivity contribution < 1.29 is 9.59 Å². The number of carbonyl (C=O) groups excluding carboxylic acids is 2. The van der Waals surface area contributed by atoms with E-state index in [4.69, 9.17) is 0 Å². The number of amides is 2. The normalized spacial score (nSPS) is 16.4. The summed E-state index contributed by atoms with van der Waals surface area (Å²) in [4.78, 5) is 33.3. The standard InChI is InChI=1S/C21H27N5O2/c1-15-11-16(13-22-12-15)21(28)26-10-7-19-17(14-26)18(23-24(19)2)5-6-20(27)25-8-3-4-9-25/h11-13H,3-10,14H2,1-2H3. The van der Waals surface area contributed by atoms with Crippen molar-refractivity contribution in [1.29, 1.82) is 0 Å². The number of likely N-dealkylation sites (tertiary alicyclic amines) is 1. The summed E-state index contributed by atoms with van der Waals surface area (Å²) in [5.41, 5.74) is 4.83. The fraction of sp³-hybridized carbons (Fsp3) is 0.524. The minimum Gasteiger partial charge on any atom is -0.343 e. The fourth-order valence-corrected chi connectivity index (χ4v) is 4.25. The van der Waals surface area contributed by atoms with Crippen molar-refractivity contribution in [3.05, 3.63) is 46.5 Å². The van der Waals surface area contributed by atoms with E-state index in [0.717, 1.165) is 49.2 Å². The van der Waals surface area contributed by atoms with Crippen molar-refractivity contribution in [2.45, 2.75) is 45.6 Å². The van der Waals surface area contributed by atoms with Crippen LogP contribution >= 0.6 is 0 Å². The smallest absolute Gasteiger partial charge is 0.255 e. The van der Waals surface area contributed by atoms with Gasteiger partial charge in [0, 0.05) is 76.1 Å². The molecule has 7 nitrogen and oxygen atoms in total. The molecule has 148 valence electrons. The zero-order chi connectivity index (χ0) is 19.7. The maximum absolute atomic E-state index is 12.9. The van der Waals surface area contributed by atoms with E-state index in [0.29, 0.717) is 31.5 Å². The van der Waals surface area contributed by atoms with Crippen LogP contribution < -0.4 is 0 Å². The van der Waals surface area contributed by atoms with Gasteiger partial charge in [0.25, 0.3) is 5.91 Å². The van der Waals surface area contributed by atoms with E-state index in [-0.39, 0.29) is 11.8 Å². The summed E-state index contributed by atoms with van der Waals surface area (Å²) >= 11 is 0. The van der Waals surface area contributed by atoms with Crippen molar-refractivity contribution >= 4 is 11.8 Å². The third-order valence-corrected chi connectivity index (χ3v) is 5.77. The summed E-state index contributed by atoms with van der Waals surface area (Å²) in [6.45, 7) is 4.92. The third kappa shape index (κ3) is 3.66. The van der Waals surface area contributed by atoms with E-state index in [1.807, 2.05) is 34.5 Å². The number of nitrogens with zero attached hydrogens (tertiary/aromatic N) is 5. The van der Waals surface area contributed by atoms with Gasteiger partial charge in [-0.15, -0.1) is 0 Å². The van der Waals surface area contributed by atoms with Gasteiger partial charge in [0.15, 0.2) is 0 Å². The highest BCUT2D eigenvalue weighted by Gasteiger charge is 2.28. The number of fused-ring (bicyclic) bond motifs is 1. The molecule has 0 spiro atoms. The Kier molecular flexibility index (Phi) is 5.15.